The van der Waals surface area contributed by atoms with E-state index >= 15 is 0 Å². The molecule has 1 N–H and O–H groups in total. The van der Waals surface area contributed by atoms with Gasteiger partial charge in [-0.05, 0) is 43.2 Å². The molecule has 0 aliphatic rings. The SMILES string of the molecule is CCc1cccc(NC(C)c2ccco2)c1. The normalized spacial score (nSPS) is 12.4. The molecule has 0 bridgehead atoms. The van der Waals surface area contributed by atoms with Crippen molar-refractivity contribution in [2.45, 2.75) is 26.3 Å². The summed E-state index contributed by atoms with van der Waals surface area (Å²) >= 11 is 0. The zero-order chi connectivity index (χ0) is 11.4. The highest BCUT2D eigenvalue weighted by molar-refractivity contribution is 5.47. The quantitative estimate of drug-likeness (QED) is 0.833. The number of anilines is 1. The third-order valence-corrected chi connectivity index (χ3v) is 2.69. The van der Waals surface area contributed by atoms with Crippen molar-refractivity contribution < 1.29 is 4.42 Å². The second-order valence-corrected chi connectivity index (χ2v) is 3.94. The van der Waals surface area contributed by atoms with Gasteiger partial charge in [0.2, 0.25) is 0 Å². The molecule has 0 aliphatic carbocycles. The Bertz CT molecular complexity index is 434. The lowest BCUT2D eigenvalue weighted by Gasteiger charge is -2.13. The zero-order valence-corrected chi connectivity index (χ0v) is 9.73. The molecule has 0 saturated carbocycles. The summed E-state index contributed by atoms with van der Waals surface area (Å²) in [7, 11) is 0. The first kappa shape index (κ1) is 10.8. The molecule has 2 heteroatoms. The van der Waals surface area contributed by atoms with Crippen LogP contribution in [0.1, 0.15) is 31.2 Å². The smallest absolute Gasteiger partial charge is 0.125 e. The van der Waals surface area contributed by atoms with Crippen LogP contribution in [0.2, 0.25) is 0 Å². The van der Waals surface area contributed by atoms with Crippen LogP contribution in [0.15, 0.2) is 47.1 Å². The van der Waals surface area contributed by atoms with Crippen LogP contribution in [-0.4, -0.2) is 0 Å². The first-order valence-corrected chi connectivity index (χ1v) is 5.68. The van der Waals surface area contributed by atoms with Gasteiger partial charge in [0, 0.05) is 5.69 Å². The van der Waals surface area contributed by atoms with Crippen molar-refractivity contribution in [1.82, 2.24) is 0 Å². The molecule has 0 radical (unpaired) electrons. The Kier molecular flexibility index (Phi) is 3.30. The maximum atomic E-state index is 5.36. The summed E-state index contributed by atoms with van der Waals surface area (Å²) in [5, 5.41) is 3.43. The van der Waals surface area contributed by atoms with Gasteiger partial charge in [-0.1, -0.05) is 19.1 Å². The van der Waals surface area contributed by atoms with Gasteiger partial charge in [0.1, 0.15) is 5.76 Å². The number of benzene rings is 1. The van der Waals surface area contributed by atoms with E-state index in [1.807, 2.05) is 12.1 Å². The molecule has 2 aromatic rings. The summed E-state index contributed by atoms with van der Waals surface area (Å²) in [6, 6.07) is 12.6. The molecule has 0 fully saturated rings. The van der Waals surface area contributed by atoms with E-state index in [4.69, 9.17) is 4.42 Å². The second kappa shape index (κ2) is 4.88. The van der Waals surface area contributed by atoms with Gasteiger partial charge in [0.25, 0.3) is 0 Å². The van der Waals surface area contributed by atoms with Crippen molar-refractivity contribution >= 4 is 5.69 Å². The van der Waals surface area contributed by atoms with Gasteiger partial charge >= 0.3 is 0 Å². The second-order valence-electron chi connectivity index (χ2n) is 3.94. The Morgan fingerprint density at radius 3 is 2.81 bits per heavy atom. The van der Waals surface area contributed by atoms with Crippen molar-refractivity contribution in [2.24, 2.45) is 0 Å². The molecule has 0 aliphatic heterocycles. The van der Waals surface area contributed by atoms with E-state index in [1.165, 1.54) is 5.56 Å². The van der Waals surface area contributed by atoms with Gasteiger partial charge in [-0.2, -0.15) is 0 Å². The van der Waals surface area contributed by atoms with Crippen LogP contribution >= 0.6 is 0 Å². The number of furan rings is 1. The van der Waals surface area contributed by atoms with E-state index < -0.39 is 0 Å². The largest absolute Gasteiger partial charge is 0.467 e. The average Bonchev–Trinajstić information content (AvgIpc) is 2.83. The molecular weight excluding hydrogens is 198 g/mol. The number of aryl methyl sites for hydroxylation is 1. The molecule has 0 saturated heterocycles. The van der Waals surface area contributed by atoms with Gasteiger partial charge in [0.15, 0.2) is 0 Å². The summed E-state index contributed by atoms with van der Waals surface area (Å²) < 4.78 is 5.36. The minimum Gasteiger partial charge on any atom is -0.467 e. The van der Waals surface area contributed by atoms with Gasteiger partial charge < -0.3 is 9.73 Å². The van der Waals surface area contributed by atoms with Crippen molar-refractivity contribution in [2.75, 3.05) is 5.32 Å². The molecule has 0 amide bonds. The molecule has 1 heterocycles. The standard InChI is InChI=1S/C14H17NO/c1-3-12-6-4-7-13(10-12)15-11(2)14-8-5-9-16-14/h4-11,15H,3H2,1-2H3. The molecule has 16 heavy (non-hydrogen) atoms. The third-order valence-electron chi connectivity index (χ3n) is 2.69. The highest BCUT2D eigenvalue weighted by Gasteiger charge is 2.07. The minimum atomic E-state index is 0.196. The molecule has 84 valence electrons. The Labute approximate surface area is 96.3 Å². The summed E-state index contributed by atoms with van der Waals surface area (Å²) in [5.74, 6) is 0.960. The Morgan fingerprint density at radius 2 is 2.12 bits per heavy atom. The average molecular weight is 215 g/mol. The van der Waals surface area contributed by atoms with E-state index in [9.17, 15) is 0 Å². The van der Waals surface area contributed by atoms with Crippen LogP contribution < -0.4 is 5.32 Å². The van der Waals surface area contributed by atoms with E-state index in [-0.39, 0.29) is 6.04 Å². The highest BCUT2D eigenvalue weighted by Crippen LogP contribution is 2.20. The zero-order valence-electron chi connectivity index (χ0n) is 9.73. The van der Waals surface area contributed by atoms with E-state index in [0.717, 1.165) is 17.9 Å². The molecule has 2 nitrogen and oxygen atoms in total. The highest BCUT2D eigenvalue weighted by atomic mass is 16.3. The monoisotopic (exact) mass is 215 g/mol. The first-order chi connectivity index (χ1) is 7.79. The number of hydrogen-bond acceptors (Lipinski definition) is 2. The minimum absolute atomic E-state index is 0.196. The van der Waals surface area contributed by atoms with Gasteiger partial charge in [-0.15, -0.1) is 0 Å². The van der Waals surface area contributed by atoms with E-state index in [1.54, 1.807) is 6.26 Å². The van der Waals surface area contributed by atoms with Crippen molar-refractivity contribution in [3.8, 4) is 0 Å². The van der Waals surface area contributed by atoms with Gasteiger partial charge in [-0.3, -0.25) is 0 Å². The summed E-state index contributed by atoms with van der Waals surface area (Å²) in [6.45, 7) is 4.26. The van der Waals surface area contributed by atoms with Crippen LogP contribution in [0.4, 0.5) is 5.69 Å². The number of rotatable bonds is 4. The molecule has 2 rings (SSSR count). The molecular formula is C14H17NO. The molecule has 1 atom stereocenters. The van der Waals surface area contributed by atoms with Gasteiger partial charge in [-0.25, -0.2) is 0 Å². The van der Waals surface area contributed by atoms with Crippen LogP contribution in [0.3, 0.4) is 0 Å². The number of nitrogens with one attached hydrogen (secondary N) is 1. The summed E-state index contributed by atoms with van der Waals surface area (Å²) in [5.41, 5.74) is 2.49. The lowest BCUT2D eigenvalue weighted by Crippen LogP contribution is -2.05. The molecule has 1 aromatic carbocycles. The van der Waals surface area contributed by atoms with Gasteiger partial charge in [0.05, 0.1) is 12.3 Å². The number of hydrogen-bond donors (Lipinski definition) is 1. The predicted octanol–water partition coefficient (Wildman–Crippen LogP) is 4.02. The fourth-order valence-corrected chi connectivity index (χ4v) is 1.74. The fourth-order valence-electron chi connectivity index (χ4n) is 1.74. The van der Waals surface area contributed by atoms with Crippen LogP contribution in [0, 0.1) is 0 Å². The third kappa shape index (κ3) is 2.45. The van der Waals surface area contributed by atoms with Crippen LogP contribution in [-0.2, 0) is 6.42 Å². The maximum absolute atomic E-state index is 5.36. The maximum Gasteiger partial charge on any atom is 0.125 e. The van der Waals surface area contributed by atoms with Crippen molar-refractivity contribution in [3.05, 3.63) is 54.0 Å². The van der Waals surface area contributed by atoms with Crippen molar-refractivity contribution in [1.29, 1.82) is 0 Å². The molecule has 0 spiro atoms. The predicted molar refractivity (Wildman–Crippen MR) is 66.6 cm³/mol. The molecule has 1 unspecified atom stereocenters. The Balaban J connectivity index is 2.08. The van der Waals surface area contributed by atoms with E-state index in [0.29, 0.717) is 0 Å². The lowest BCUT2D eigenvalue weighted by atomic mass is 10.1. The Hall–Kier alpha value is -1.70. The van der Waals surface area contributed by atoms with Crippen LogP contribution in [0.5, 0.6) is 0 Å². The van der Waals surface area contributed by atoms with Crippen LogP contribution in [0.25, 0.3) is 0 Å². The molecule has 1 aromatic heterocycles. The summed E-state index contributed by atoms with van der Waals surface area (Å²) in [6.07, 6.45) is 2.76. The first-order valence-electron chi connectivity index (χ1n) is 5.68. The summed E-state index contributed by atoms with van der Waals surface area (Å²) in [4.78, 5) is 0. The lowest BCUT2D eigenvalue weighted by molar-refractivity contribution is 0.490. The van der Waals surface area contributed by atoms with Crippen molar-refractivity contribution in [3.63, 3.8) is 0 Å². The topological polar surface area (TPSA) is 25.2 Å². The van der Waals surface area contributed by atoms with E-state index in [2.05, 4.69) is 43.4 Å². The Morgan fingerprint density at radius 1 is 1.25 bits per heavy atom. The fraction of sp³-hybridized carbons (Fsp3) is 0.286.